The first-order valence-corrected chi connectivity index (χ1v) is 7.94. The molecule has 0 bridgehead atoms. The van der Waals surface area contributed by atoms with Gasteiger partial charge in [-0.2, -0.15) is 0 Å². The Morgan fingerprint density at radius 3 is 2.65 bits per heavy atom. The van der Waals surface area contributed by atoms with Gasteiger partial charge in [0, 0.05) is 6.54 Å². The quantitative estimate of drug-likeness (QED) is 0.590. The van der Waals surface area contributed by atoms with Crippen molar-refractivity contribution >= 4 is 29.9 Å². The van der Waals surface area contributed by atoms with Gasteiger partial charge in [0.2, 0.25) is 0 Å². The van der Waals surface area contributed by atoms with E-state index < -0.39 is 5.91 Å². The van der Waals surface area contributed by atoms with Gasteiger partial charge in [0.25, 0.3) is 5.91 Å². The molecule has 0 aromatic heterocycles. The third kappa shape index (κ3) is 8.30. The van der Waals surface area contributed by atoms with Gasteiger partial charge in [-0.1, -0.05) is 37.8 Å². The summed E-state index contributed by atoms with van der Waals surface area (Å²) in [5.74, 6) is 0.280. The Kier molecular flexibility index (Phi) is 11.7. The van der Waals surface area contributed by atoms with Crippen LogP contribution in [0, 0.1) is 0 Å². The maximum absolute atomic E-state index is 10.8. The molecule has 1 aromatic carbocycles. The predicted molar refractivity (Wildman–Crippen MR) is 95.8 cm³/mol. The Hall–Kier alpha value is -1.17. The average molecular weight is 365 g/mol. The van der Waals surface area contributed by atoms with E-state index in [1.54, 1.807) is 6.07 Å². The van der Waals surface area contributed by atoms with Gasteiger partial charge in [-0.25, -0.2) is 0 Å². The zero-order chi connectivity index (χ0) is 16.4. The van der Waals surface area contributed by atoms with E-state index in [9.17, 15) is 4.79 Å². The number of methoxy groups -OCH3 is 1. The molecular weight excluding hydrogens is 339 g/mol. The fourth-order valence-corrected chi connectivity index (χ4v) is 2.36. The first-order chi connectivity index (χ1) is 10.6. The van der Waals surface area contributed by atoms with Crippen LogP contribution in [0.1, 0.15) is 38.2 Å². The van der Waals surface area contributed by atoms with E-state index in [1.807, 2.05) is 6.07 Å². The maximum atomic E-state index is 10.8. The molecule has 0 saturated carbocycles. The topological polar surface area (TPSA) is 73.6 Å². The molecule has 1 amide bonds. The Morgan fingerprint density at radius 2 is 2.04 bits per heavy atom. The first kappa shape index (κ1) is 21.8. The number of amides is 1. The van der Waals surface area contributed by atoms with Crippen LogP contribution in [0.5, 0.6) is 11.5 Å². The van der Waals surface area contributed by atoms with Crippen LogP contribution in [0.25, 0.3) is 0 Å². The molecule has 5 nitrogen and oxygen atoms in total. The van der Waals surface area contributed by atoms with Gasteiger partial charge < -0.3 is 20.5 Å². The zero-order valence-electron chi connectivity index (χ0n) is 13.7. The number of carbonyl (C=O) groups excluding carboxylic acids is 1. The van der Waals surface area contributed by atoms with E-state index in [2.05, 4.69) is 12.2 Å². The lowest BCUT2D eigenvalue weighted by Gasteiger charge is -2.13. The summed E-state index contributed by atoms with van der Waals surface area (Å²) in [4.78, 5) is 10.8. The molecule has 0 radical (unpaired) electrons. The number of halogens is 2. The average Bonchev–Trinajstić information content (AvgIpc) is 2.48. The molecule has 7 heteroatoms. The van der Waals surface area contributed by atoms with Crippen LogP contribution in [0.15, 0.2) is 12.1 Å². The molecule has 3 N–H and O–H groups in total. The number of carbonyl (C=O) groups is 1. The van der Waals surface area contributed by atoms with E-state index >= 15 is 0 Å². The third-order valence-electron chi connectivity index (χ3n) is 3.18. The fourth-order valence-electron chi connectivity index (χ4n) is 2.07. The maximum Gasteiger partial charge on any atom is 0.255 e. The van der Waals surface area contributed by atoms with Gasteiger partial charge in [0.15, 0.2) is 18.1 Å². The number of hydrogen-bond acceptors (Lipinski definition) is 4. The summed E-state index contributed by atoms with van der Waals surface area (Å²) in [7, 11) is 1.53. The summed E-state index contributed by atoms with van der Waals surface area (Å²) in [6.07, 6.45) is 4.92. The standard InChI is InChI=1S/C16H25ClN2O3.ClH/c1-3-4-5-6-7-19-10-12-8-13(17)16(14(9-12)21-2)22-11-15(18)20;/h8-9,19H,3-7,10-11H2,1-2H3,(H2,18,20);1H. The number of benzene rings is 1. The SMILES string of the molecule is CCCCCCNCc1cc(Cl)c(OCC(N)=O)c(OC)c1.Cl. The van der Waals surface area contributed by atoms with Crippen LogP contribution in [-0.4, -0.2) is 26.2 Å². The molecule has 23 heavy (non-hydrogen) atoms. The molecule has 0 unspecified atom stereocenters. The molecule has 0 aliphatic rings. The lowest BCUT2D eigenvalue weighted by molar-refractivity contribution is -0.119. The van der Waals surface area contributed by atoms with Crippen molar-refractivity contribution in [3.63, 3.8) is 0 Å². The number of ether oxygens (including phenoxy) is 2. The predicted octanol–water partition coefficient (Wildman–Crippen LogP) is 3.30. The molecule has 0 heterocycles. The van der Waals surface area contributed by atoms with Gasteiger partial charge in [-0.05, 0) is 30.7 Å². The molecular formula is C16H26Cl2N2O3. The molecule has 0 saturated heterocycles. The van der Waals surface area contributed by atoms with E-state index in [4.69, 9.17) is 26.8 Å². The highest BCUT2D eigenvalue weighted by Gasteiger charge is 2.13. The monoisotopic (exact) mass is 364 g/mol. The highest BCUT2D eigenvalue weighted by atomic mass is 35.5. The molecule has 0 aliphatic carbocycles. The van der Waals surface area contributed by atoms with Gasteiger partial charge in [-0.3, -0.25) is 4.79 Å². The van der Waals surface area contributed by atoms with Crippen molar-refractivity contribution in [1.29, 1.82) is 0 Å². The lowest BCUT2D eigenvalue weighted by Crippen LogP contribution is -2.20. The van der Waals surface area contributed by atoms with Crippen molar-refractivity contribution in [2.75, 3.05) is 20.3 Å². The van der Waals surface area contributed by atoms with Crippen molar-refractivity contribution in [2.24, 2.45) is 5.73 Å². The Morgan fingerprint density at radius 1 is 1.30 bits per heavy atom. The Labute approximate surface area is 149 Å². The fraction of sp³-hybridized carbons (Fsp3) is 0.562. The number of primary amides is 1. The minimum atomic E-state index is -0.559. The summed E-state index contributed by atoms with van der Waals surface area (Å²) in [6.45, 7) is 3.65. The summed E-state index contributed by atoms with van der Waals surface area (Å²) < 4.78 is 10.6. The molecule has 0 fully saturated rings. The number of nitrogens with one attached hydrogen (secondary N) is 1. The van der Waals surface area contributed by atoms with Gasteiger partial charge in [0.1, 0.15) is 0 Å². The minimum Gasteiger partial charge on any atom is -0.493 e. The van der Waals surface area contributed by atoms with Crippen LogP contribution >= 0.6 is 24.0 Å². The second-order valence-corrected chi connectivity index (χ2v) is 5.51. The smallest absolute Gasteiger partial charge is 0.255 e. The van der Waals surface area contributed by atoms with E-state index in [1.165, 1.54) is 32.8 Å². The normalized spacial score (nSPS) is 10.0. The van der Waals surface area contributed by atoms with Crippen LogP contribution < -0.4 is 20.5 Å². The molecule has 1 aromatic rings. The lowest BCUT2D eigenvalue weighted by atomic mass is 10.2. The number of rotatable bonds is 11. The second kappa shape index (κ2) is 12.3. The van der Waals surface area contributed by atoms with Crippen molar-refractivity contribution in [2.45, 2.75) is 39.2 Å². The van der Waals surface area contributed by atoms with E-state index in [-0.39, 0.29) is 19.0 Å². The Balaban J connectivity index is 0.00000484. The van der Waals surface area contributed by atoms with Crippen LogP contribution in [0.2, 0.25) is 5.02 Å². The second-order valence-electron chi connectivity index (χ2n) is 5.10. The minimum absolute atomic E-state index is 0. The summed E-state index contributed by atoms with van der Waals surface area (Å²) in [5, 5.41) is 3.79. The highest BCUT2D eigenvalue weighted by molar-refractivity contribution is 6.32. The Bertz CT molecular complexity index is 485. The van der Waals surface area contributed by atoms with Crippen molar-refractivity contribution in [3.8, 4) is 11.5 Å². The van der Waals surface area contributed by atoms with Gasteiger partial charge >= 0.3 is 0 Å². The van der Waals surface area contributed by atoms with Crippen LogP contribution in [0.3, 0.4) is 0 Å². The summed E-state index contributed by atoms with van der Waals surface area (Å²) in [5.41, 5.74) is 6.07. The van der Waals surface area contributed by atoms with Gasteiger partial charge in [-0.15, -0.1) is 12.4 Å². The van der Waals surface area contributed by atoms with Gasteiger partial charge in [0.05, 0.1) is 12.1 Å². The third-order valence-corrected chi connectivity index (χ3v) is 3.46. The highest BCUT2D eigenvalue weighted by Crippen LogP contribution is 2.36. The number of hydrogen-bond donors (Lipinski definition) is 2. The number of nitrogens with two attached hydrogens (primary N) is 1. The molecule has 0 aliphatic heterocycles. The molecule has 132 valence electrons. The molecule has 1 rings (SSSR count). The summed E-state index contributed by atoms with van der Waals surface area (Å²) in [6, 6.07) is 3.65. The van der Waals surface area contributed by atoms with Crippen LogP contribution in [-0.2, 0) is 11.3 Å². The first-order valence-electron chi connectivity index (χ1n) is 7.56. The summed E-state index contributed by atoms with van der Waals surface area (Å²) >= 11 is 6.19. The zero-order valence-corrected chi connectivity index (χ0v) is 15.3. The van der Waals surface area contributed by atoms with E-state index in [0.29, 0.717) is 23.1 Å². The largest absolute Gasteiger partial charge is 0.493 e. The van der Waals surface area contributed by atoms with E-state index in [0.717, 1.165) is 12.1 Å². The van der Waals surface area contributed by atoms with Crippen molar-refractivity contribution in [3.05, 3.63) is 22.7 Å². The van der Waals surface area contributed by atoms with Crippen molar-refractivity contribution in [1.82, 2.24) is 5.32 Å². The van der Waals surface area contributed by atoms with Crippen molar-refractivity contribution < 1.29 is 14.3 Å². The molecule has 0 atom stereocenters. The number of unbranched alkanes of at least 4 members (excludes halogenated alkanes) is 3. The van der Waals surface area contributed by atoms with Crippen LogP contribution in [0.4, 0.5) is 0 Å². The molecule has 0 spiro atoms.